The highest BCUT2D eigenvalue weighted by molar-refractivity contribution is 6.02. The normalized spacial score (nSPS) is 14.7. The summed E-state index contributed by atoms with van der Waals surface area (Å²) in [6.07, 6.45) is 3.59. The molecule has 1 aromatic rings. The highest BCUT2D eigenvalue weighted by Crippen LogP contribution is 2.26. The maximum Gasteiger partial charge on any atom is 0.262 e. The molecule has 0 saturated heterocycles. The van der Waals surface area contributed by atoms with Crippen LogP contribution in [0, 0.1) is 11.3 Å². The first-order valence-electron chi connectivity index (χ1n) is 7.15. The second-order valence-electron chi connectivity index (χ2n) is 5.57. The first-order valence-corrected chi connectivity index (χ1v) is 7.15. The topological polar surface area (TPSA) is 62.1 Å². The number of amides is 1. The van der Waals surface area contributed by atoms with Crippen molar-refractivity contribution in [3.8, 4) is 11.8 Å². The molecule has 0 heterocycles. The molecule has 0 bridgehead atoms. The summed E-state index contributed by atoms with van der Waals surface area (Å²) < 4.78 is 5.31. The van der Waals surface area contributed by atoms with Gasteiger partial charge in [0, 0.05) is 11.6 Å². The van der Waals surface area contributed by atoms with E-state index < -0.39 is 0 Å². The summed E-state index contributed by atoms with van der Waals surface area (Å²) >= 11 is 0. The number of hydrogen-bond donors (Lipinski definition) is 1. The number of carbonyl (C=O) groups excluding carboxylic acids is 1. The molecule has 110 valence electrons. The highest BCUT2D eigenvalue weighted by Gasteiger charge is 2.24. The predicted molar refractivity (Wildman–Crippen MR) is 81.8 cm³/mol. The Labute approximate surface area is 125 Å². The SMILES string of the molecule is COc1ccc(C(C)C)cc1/C=C(\C#N)C(=O)NC1CC1. The average Bonchev–Trinajstić information content (AvgIpc) is 3.28. The molecule has 0 radical (unpaired) electrons. The summed E-state index contributed by atoms with van der Waals surface area (Å²) in [5.74, 6) is 0.720. The molecule has 1 fully saturated rings. The van der Waals surface area contributed by atoms with Crippen LogP contribution in [0.25, 0.3) is 6.08 Å². The van der Waals surface area contributed by atoms with Crippen LogP contribution in [0.15, 0.2) is 23.8 Å². The third kappa shape index (κ3) is 3.85. The maximum absolute atomic E-state index is 12.0. The lowest BCUT2D eigenvalue weighted by Gasteiger charge is -2.11. The van der Waals surface area contributed by atoms with Crippen molar-refractivity contribution in [2.45, 2.75) is 38.6 Å². The lowest BCUT2D eigenvalue weighted by molar-refractivity contribution is -0.117. The lowest BCUT2D eigenvalue weighted by Crippen LogP contribution is -2.26. The number of carbonyl (C=O) groups is 1. The number of nitrogens with one attached hydrogen (secondary N) is 1. The van der Waals surface area contributed by atoms with E-state index in [1.165, 1.54) is 0 Å². The van der Waals surface area contributed by atoms with Gasteiger partial charge in [-0.1, -0.05) is 19.9 Å². The largest absolute Gasteiger partial charge is 0.496 e. The summed E-state index contributed by atoms with van der Waals surface area (Å²) in [6.45, 7) is 4.20. The van der Waals surface area contributed by atoms with E-state index in [1.54, 1.807) is 13.2 Å². The molecule has 1 amide bonds. The van der Waals surface area contributed by atoms with E-state index in [4.69, 9.17) is 4.74 Å². The first kappa shape index (κ1) is 15.1. The van der Waals surface area contributed by atoms with Gasteiger partial charge in [-0.3, -0.25) is 4.79 Å². The first-order chi connectivity index (χ1) is 10.0. The molecule has 0 aliphatic heterocycles. The van der Waals surface area contributed by atoms with E-state index in [9.17, 15) is 10.1 Å². The van der Waals surface area contributed by atoms with E-state index in [0.29, 0.717) is 11.7 Å². The van der Waals surface area contributed by atoms with Gasteiger partial charge >= 0.3 is 0 Å². The molecule has 4 nitrogen and oxygen atoms in total. The van der Waals surface area contributed by atoms with Crippen molar-refractivity contribution in [3.63, 3.8) is 0 Å². The average molecular weight is 284 g/mol. The quantitative estimate of drug-likeness (QED) is 0.668. The van der Waals surface area contributed by atoms with Crippen molar-refractivity contribution < 1.29 is 9.53 Å². The van der Waals surface area contributed by atoms with Gasteiger partial charge in [-0.15, -0.1) is 0 Å². The van der Waals surface area contributed by atoms with Crippen molar-refractivity contribution in [2.24, 2.45) is 0 Å². The molecule has 1 aromatic carbocycles. The van der Waals surface area contributed by atoms with Crippen LogP contribution in [-0.2, 0) is 4.79 Å². The zero-order chi connectivity index (χ0) is 15.4. The lowest BCUT2D eigenvalue weighted by atomic mass is 9.99. The fourth-order valence-corrected chi connectivity index (χ4v) is 2.02. The van der Waals surface area contributed by atoms with Crippen LogP contribution < -0.4 is 10.1 Å². The molecular formula is C17H20N2O2. The van der Waals surface area contributed by atoms with E-state index in [-0.39, 0.29) is 17.5 Å². The number of methoxy groups -OCH3 is 1. The van der Waals surface area contributed by atoms with Crippen LogP contribution in [-0.4, -0.2) is 19.1 Å². The van der Waals surface area contributed by atoms with Gasteiger partial charge in [-0.25, -0.2) is 0 Å². The van der Waals surface area contributed by atoms with Gasteiger partial charge in [0.05, 0.1) is 7.11 Å². The number of ether oxygens (including phenoxy) is 1. The predicted octanol–water partition coefficient (Wildman–Crippen LogP) is 3.00. The second-order valence-corrected chi connectivity index (χ2v) is 5.57. The molecule has 4 heteroatoms. The Morgan fingerprint density at radius 3 is 2.71 bits per heavy atom. The highest BCUT2D eigenvalue weighted by atomic mass is 16.5. The molecule has 21 heavy (non-hydrogen) atoms. The Morgan fingerprint density at radius 1 is 1.48 bits per heavy atom. The minimum absolute atomic E-state index is 0.112. The minimum Gasteiger partial charge on any atom is -0.496 e. The van der Waals surface area contributed by atoms with Crippen molar-refractivity contribution in [3.05, 3.63) is 34.9 Å². The number of nitriles is 1. The standard InChI is InChI=1S/C17H20N2O2/c1-11(2)12-4-7-16(21-3)13(8-12)9-14(10-18)17(20)19-15-5-6-15/h4,7-9,11,15H,5-6H2,1-3H3,(H,19,20)/b14-9+. The zero-order valence-electron chi connectivity index (χ0n) is 12.6. The summed E-state index contributed by atoms with van der Waals surface area (Å²) in [5.41, 5.74) is 2.01. The monoisotopic (exact) mass is 284 g/mol. The van der Waals surface area contributed by atoms with Crippen LogP contribution in [0.5, 0.6) is 5.75 Å². The maximum atomic E-state index is 12.0. The third-order valence-electron chi connectivity index (χ3n) is 3.50. The third-order valence-corrected chi connectivity index (χ3v) is 3.50. The van der Waals surface area contributed by atoms with Gasteiger partial charge in [0.2, 0.25) is 0 Å². The summed E-state index contributed by atoms with van der Waals surface area (Å²) in [7, 11) is 1.58. The fraction of sp³-hybridized carbons (Fsp3) is 0.412. The Hall–Kier alpha value is -2.28. The van der Waals surface area contributed by atoms with Crippen LogP contribution in [0.4, 0.5) is 0 Å². The molecule has 1 N–H and O–H groups in total. The molecule has 1 aliphatic carbocycles. The van der Waals surface area contributed by atoms with E-state index in [0.717, 1.165) is 24.0 Å². The number of hydrogen-bond acceptors (Lipinski definition) is 3. The van der Waals surface area contributed by atoms with E-state index >= 15 is 0 Å². The Bertz CT molecular complexity index is 608. The minimum atomic E-state index is -0.308. The molecule has 0 spiro atoms. The zero-order valence-corrected chi connectivity index (χ0v) is 12.6. The van der Waals surface area contributed by atoms with E-state index in [1.807, 2.05) is 24.3 Å². The number of nitrogens with zero attached hydrogens (tertiary/aromatic N) is 1. The van der Waals surface area contributed by atoms with Crippen LogP contribution in [0.2, 0.25) is 0 Å². The van der Waals surface area contributed by atoms with Crippen LogP contribution in [0.1, 0.15) is 43.7 Å². The molecule has 0 unspecified atom stereocenters. The van der Waals surface area contributed by atoms with Crippen molar-refractivity contribution in [1.82, 2.24) is 5.32 Å². The number of benzene rings is 1. The van der Waals surface area contributed by atoms with Crippen LogP contribution in [0.3, 0.4) is 0 Å². The Balaban J connectivity index is 2.33. The Morgan fingerprint density at radius 2 is 2.19 bits per heavy atom. The smallest absolute Gasteiger partial charge is 0.262 e. The molecule has 1 aliphatic rings. The van der Waals surface area contributed by atoms with Gasteiger partial charge in [0.1, 0.15) is 17.4 Å². The summed E-state index contributed by atoms with van der Waals surface area (Å²) in [6, 6.07) is 8.04. The number of rotatable bonds is 5. The van der Waals surface area contributed by atoms with Crippen molar-refractivity contribution >= 4 is 12.0 Å². The molecule has 0 aromatic heterocycles. The summed E-state index contributed by atoms with van der Waals surface area (Å²) in [5, 5.41) is 12.0. The molecule has 1 saturated carbocycles. The van der Waals surface area contributed by atoms with E-state index in [2.05, 4.69) is 19.2 Å². The van der Waals surface area contributed by atoms with Gasteiger partial charge in [0.25, 0.3) is 5.91 Å². The second kappa shape index (κ2) is 6.45. The van der Waals surface area contributed by atoms with Crippen molar-refractivity contribution in [1.29, 1.82) is 5.26 Å². The van der Waals surface area contributed by atoms with Gasteiger partial charge in [-0.2, -0.15) is 5.26 Å². The summed E-state index contributed by atoms with van der Waals surface area (Å²) in [4.78, 5) is 12.0. The van der Waals surface area contributed by atoms with Gasteiger partial charge < -0.3 is 10.1 Å². The fourth-order valence-electron chi connectivity index (χ4n) is 2.02. The van der Waals surface area contributed by atoms with Gasteiger partial charge in [0.15, 0.2) is 0 Å². The molecule has 2 rings (SSSR count). The molecule has 0 atom stereocenters. The Kier molecular flexibility index (Phi) is 4.64. The van der Waals surface area contributed by atoms with Gasteiger partial charge in [-0.05, 0) is 42.5 Å². The van der Waals surface area contributed by atoms with Crippen molar-refractivity contribution in [2.75, 3.05) is 7.11 Å². The van der Waals surface area contributed by atoms with Crippen LogP contribution >= 0.6 is 0 Å². The molecular weight excluding hydrogens is 264 g/mol.